The Morgan fingerprint density at radius 2 is 2.19 bits per heavy atom. The van der Waals surface area contributed by atoms with Gasteiger partial charge in [-0.25, -0.2) is 4.98 Å². The Morgan fingerprint density at radius 3 is 2.96 bits per heavy atom. The molecule has 3 aromatic heterocycles. The lowest BCUT2D eigenvalue weighted by atomic mass is 9.95. The molecule has 3 heterocycles. The van der Waals surface area contributed by atoms with Crippen LogP contribution in [0.1, 0.15) is 28.9 Å². The van der Waals surface area contributed by atoms with Crippen molar-refractivity contribution in [2.75, 3.05) is 5.32 Å². The minimum atomic E-state index is -0.223. The van der Waals surface area contributed by atoms with Gasteiger partial charge in [0, 0.05) is 23.4 Å². The Bertz CT molecular complexity index is 1070. The van der Waals surface area contributed by atoms with Gasteiger partial charge in [0.1, 0.15) is 0 Å². The van der Waals surface area contributed by atoms with Crippen LogP contribution in [0.15, 0.2) is 59.7 Å². The Hall–Kier alpha value is -3.45. The fourth-order valence-electron chi connectivity index (χ4n) is 2.92. The van der Waals surface area contributed by atoms with Crippen molar-refractivity contribution in [1.82, 2.24) is 15.2 Å². The van der Waals surface area contributed by atoms with Gasteiger partial charge in [-0.2, -0.15) is 5.10 Å². The number of aromatic amines is 1. The highest BCUT2D eigenvalue weighted by Gasteiger charge is 2.15. The molecule has 1 aromatic carbocycles. The number of nitrogens with one attached hydrogen (secondary N) is 2. The van der Waals surface area contributed by atoms with Crippen LogP contribution in [-0.4, -0.2) is 21.1 Å². The molecular formula is C19H17N5O2. The van der Waals surface area contributed by atoms with Crippen LogP contribution in [0.3, 0.4) is 0 Å². The third-order valence-corrected chi connectivity index (χ3v) is 4.24. The summed E-state index contributed by atoms with van der Waals surface area (Å²) in [5.41, 5.74) is 10.6. The van der Waals surface area contributed by atoms with Crippen molar-refractivity contribution in [1.29, 1.82) is 0 Å². The minimum absolute atomic E-state index is 0.164. The third-order valence-electron chi connectivity index (χ3n) is 4.24. The van der Waals surface area contributed by atoms with Crippen LogP contribution in [0.5, 0.6) is 0 Å². The van der Waals surface area contributed by atoms with Crippen LogP contribution in [0, 0.1) is 0 Å². The summed E-state index contributed by atoms with van der Waals surface area (Å²) in [6.07, 6.45) is 6.49. The summed E-state index contributed by atoms with van der Waals surface area (Å²) in [4.78, 5) is 16.9. The predicted octanol–water partition coefficient (Wildman–Crippen LogP) is 3.49. The number of hydrogen-bond donors (Lipinski definition) is 3. The van der Waals surface area contributed by atoms with Crippen LogP contribution < -0.4 is 11.1 Å². The molecule has 130 valence electrons. The lowest BCUT2D eigenvalue weighted by Crippen LogP contribution is -2.14. The number of benzene rings is 1. The highest BCUT2D eigenvalue weighted by Crippen LogP contribution is 2.29. The Morgan fingerprint density at radius 1 is 1.31 bits per heavy atom. The second kappa shape index (κ2) is 6.45. The monoisotopic (exact) mass is 347 g/mol. The maximum atomic E-state index is 12.8. The average molecular weight is 347 g/mol. The fourth-order valence-corrected chi connectivity index (χ4v) is 2.92. The van der Waals surface area contributed by atoms with Crippen molar-refractivity contribution in [3.05, 3.63) is 66.4 Å². The van der Waals surface area contributed by atoms with Crippen molar-refractivity contribution >= 4 is 22.6 Å². The molecule has 0 radical (unpaired) electrons. The van der Waals surface area contributed by atoms with Crippen LogP contribution >= 0.6 is 0 Å². The molecule has 7 heteroatoms. The SMILES string of the molecule is CC(N)c1ccc(C(=O)Nc2ccnc3[nH]ncc23)cc1-c1ccoc1. The molecule has 7 nitrogen and oxygen atoms in total. The number of aromatic nitrogens is 3. The van der Waals surface area contributed by atoms with Crippen LogP contribution in [0.4, 0.5) is 5.69 Å². The van der Waals surface area contributed by atoms with Gasteiger partial charge in [0.25, 0.3) is 5.91 Å². The molecule has 4 rings (SSSR count). The number of H-pyrrole nitrogens is 1. The normalized spacial score (nSPS) is 12.2. The largest absolute Gasteiger partial charge is 0.472 e. The first-order valence-corrected chi connectivity index (χ1v) is 8.15. The van der Waals surface area contributed by atoms with Gasteiger partial charge >= 0.3 is 0 Å². The molecule has 1 atom stereocenters. The van der Waals surface area contributed by atoms with Crippen molar-refractivity contribution < 1.29 is 9.21 Å². The number of nitrogens with two attached hydrogens (primary N) is 1. The fraction of sp³-hybridized carbons (Fsp3) is 0.105. The van der Waals surface area contributed by atoms with Gasteiger partial charge in [0.2, 0.25) is 0 Å². The van der Waals surface area contributed by atoms with Gasteiger partial charge < -0.3 is 15.5 Å². The van der Waals surface area contributed by atoms with E-state index in [1.807, 2.05) is 25.1 Å². The van der Waals surface area contributed by atoms with Crippen molar-refractivity contribution in [3.63, 3.8) is 0 Å². The number of amides is 1. The van der Waals surface area contributed by atoms with Crippen LogP contribution in [0.25, 0.3) is 22.2 Å². The summed E-state index contributed by atoms with van der Waals surface area (Å²) in [5.74, 6) is -0.223. The zero-order valence-electron chi connectivity index (χ0n) is 14.1. The minimum Gasteiger partial charge on any atom is -0.472 e. The van der Waals surface area contributed by atoms with Crippen LogP contribution in [0.2, 0.25) is 0 Å². The standard InChI is InChI=1S/C19H17N5O2/c1-11(20)14-3-2-12(8-15(14)13-5-7-26-10-13)19(25)23-17-4-6-21-18-16(17)9-22-24-18/h2-11H,20H2,1H3,(H2,21,22,23,24,25). The molecule has 0 aliphatic carbocycles. The molecule has 4 N–H and O–H groups in total. The molecule has 0 spiro atoms. The highest BCUT2D eigenvalue weighted by atomic mass is 16.3. The van der Waals surface area contributed by atoms with E-state index >= 15 is 0 Å². The van der Waals surface area contributed by atoms with Gasteiger partial charge in [-0.05, 0) is 42.3 Å². The first kappa shape index (κ1) is 16.0. The molecule has 0 aliphatic heterocycles. The number of furan rings is 1. The summed E-state index contributed by atoms with van der Waals surface area (Å²) >= 11 is 0. The number of carbonyl (C=O) groups is 1. The number of pyridine rings is 1. The summed E-state index contributed by atoms with van der Waals surface area (Å²) < 4.78 is 5.18. The average Bonchev–Trinajstić information content (AvgIpc) is 3.33. The topological polar surface area (TPSA) is 110 Å². The Labute approximate surface area is 149 Å². The maximum absolute atomic E-state index is 12.8. The van der Waals surface area contributed by atoms with Crippen molar-refractivity contribution in [3.8, 4) is 11.1 Å². The van der Waals surface area contributed by atoms with Crippen molar-refractivity contribution in [2.24, 2.45) is 5.73 Å². The summed E-state index contributed by atoms with van der Waals surface area (Å²) in [6, 6.07) is 8.90. The highest BCUT2D eigenvalue weighted by molar-refractivity contribution is 6.08. The third kappa shape index (κ3) is 2.84. The smallest absolute Gasteiger partial charge is 0.255 e. The molecule has 26 heavy (non-hydrogen) atoms. The molecule has 1 amide bonds. The number of nitrogens with zero attached hydrogens (tertiary/aromatic N) is 2. The number of rotatable bonds is 4. The molecule has 1 unspecified atom stereocenters. The van der Waals surface area contributed by atoms with Gasteiger partial charge in [-0.1, -0.05) is 6.07 Å². The first-order chi connectivity index (χ1) is 12.6. The first-order valence-electron chi connectivity index (χ1n) is 8.15. The molecule has 0 saturated carbocycles. The summed E-state index contributed by atoms with van der Waals surface area (Å²) in [6.45, 7) is 1.91. The molecule has 0 aliphatic rings. The Balaban J connectivity index is 1.70. The zero-order valence-corrected chi connectivity index (χ0v) is 14.1. The van der Waals surface area contributed by atoms with Crippen molar-refractivity contribution in [2.45, 2.75) is 13.0 Å². The molecule has 4 aromatic rings. The van der Waals surface area contributed by atoms with E-state index < -0.39 is 0 Å². The summed E-state index contributed by atoms with van der Waals surface area (Å²) in [7, 11) is 0. The van der Waals surface area contributed by atoms with E-state index in [0.717, 1.165) is 22.1 Å². The number of fused-ring (bicyclic) bond motifs is 1. The van der Waals surface area contributed by atoms with Crippen LogP contribution in [-0.2, 0) is 0 Å². The summed E-state index contributed by atoms with van der Waals surface area (Å²) in [5, 5.41) is 10.4. The quantitative estimate of drug-likeness (QED) is 0.523. The zero-order chi connectivity index (χ0) is 18.1. The van der Waals surface area contributed by atoms with Gasteiger partial charge in [0.15, 0.2) is 5.65 Å². The Kier molecular flexibility index (Phi) is 3.98. The maximum Gasteiger partial charge on any atom is 0.255 e. The number of carbonyl (C=O) groups excluding carboxylic acids is 1. The second-order valence-electron chi connectivity index (χ2n) is 6.05. The van der Waals surface area contributed by atoms with Gasteiger partial charge in [0.05, 0.1) is 29.8 Å². The second-order valence-corrected chi connectivity index (χ2v) is 6.05. The van der Waals surface area contributed by atoms with E-state index in [-0.39, 0.29) is 11.9 Å². The van der Waals surface area contributed by atoms with E-state index in [1.54, 1.807) is 37.1 Å². The van der Waals surface area contributed by atoms with E-state index in [2.05, 4.69) is 20.5 Å². The molecule has 0 fully saturated rings. The number of anilines is 1. The molecule has 0 saturated heterocycles. The van der Waals surface area contributed by atoms with E-state index in [4.69, 9.17) is 10.2 Å². The number of hydrogen-bond acceptors (Lipinski definition) is 5. The van der Waals surface area contributed by atoms with E-state index in [9.17, 15) is 4.79 Å². The molecule has 0 bridgehead atoms. The lowest BCUT2D eigenvalue weighted by Gasteiger charge is -2.14. The van der Waals surface area contributed by atoms with Gasteiger partial charge in [-0.3, -0.25) is 9.89 Å². The lowest BCUT2D eigenvalue weighted by molar-refractivity contribution is 0.102. The predicted molar refractivity (Wildman–Crippen MR) is 98.6 cm³/mol. The molecular weight excluding hydrogens is 330 g/mol. The van der Waals surface area contributed by atoms with Gasteiger partial charge in [-0.15, -0.1) is 0 Å². The van der Waals surface area contributed by atoms with E-state index in [0.29, 0.717) is 16.9 Å². The van der Waals surface area contributed by atoms with E-state index in [1.165, 1.54) is 0 Å².